The van der Waals surface area contributed by atoms with Gasteiger partial charge in [-0.15, -0.1) is 0 Å². The number of amides is 1. The van der Waals surface area contributed by atoms with Gasteiger partial charge in [-0.3, -0.25) is 14.9 Å². The first-order chi connectivity index (χ1) is 12.1. The lowest BCUT2D eigenvalue weighted by Gasteiger charge is -2.29. The molecular formula is C17H17FN4O3. The lowest BCUT2D eigenvalue weighted by molar-refractivity contribution is -0.384. The summed E-state index contributed by atoms with van der Waals surface area (Å²) in [6.45, 7) is 1.62. The van der Waals surface area contributed by atoms with Crippen molar-refractivity contribution in [2.24, 2.45) is 0 Å². The highest BCUT2D eigenvalue weighted by Gasteiger charge is 2.21. The van der Waals surface area contributed by atoms with E-state index >= 15 is 0 Å². The fourth-order valence-electron chi connectivity index (χ4n) is 2.84. The number of nitro benzene ring substituents is 1. The second-order valence-electron chi connectivity index (χ2n) is 5.80. The third kappa shape index (κ3) is 3.73. The molecule has 0 saturated carbocycles. The monoisotopic (exact) mass is 344 g/mol. The molecule has 1 saturated heterocycles. The summed E-state index contributed by atoms with van der Waals surface area (Å²) in [5, 5.41) is 13.3. The van der Waals surface area contributed by atoms with Crippen LogP contribution in [0.25, 0.3) is 0 Å². The normalized spacial score (nSPS) is 14.2. The second-order valence-corrected chi connectivity index (χ2v) is 5.80. The van der Waals surface area contributed by atoms with Crippen molar-refractivity contribution >= 4 is 23.1 Å². The number of aromatic nitrogens is 1. The average molecular weight is 344 g/mol. The summed E-state index contributed by atoms with van der Waals surface area (Å²) in [6.07, 6.45) is 4.80. The number of hydrogen-bond donors (Lipinski definition) is 1. The summed E-state index contributed by atoms with van der Waals surface area (Å²) in [5.41, 5.74) is -0.206. The van der Waals surface area contributed by atoms with E-state index in [4.69, 9.17) is 0 Å². The summed E-state index contributed by atoms with van der Waals surface area (Å²) in [5.74, 6) is -0.735. The number of rotatable bonds is 4. The topological polar surface area (TPSA) is 88.4 Å². The Kier molecular flexibility index (Phi) is 4.87. The summed E-state index contributed by atoms with van der Waals surface area (Å²) in [7, 11) is 0. The number of nitrogens with one attached hydrogen (secondary N) is 1. The predicted octanol–water partition coefficient (Wildman–Crippen LogP) is 3.37. The quantitative estimate of drug-likeness (QED) is 0.678. The van der Waals surface area contributed by atoms with Crippen molar-refractivity contribution in [2.75, 3.05) is 23.3 Å². The number of carbonyl (C=O) groups excluding carboxylic acids is 1. The molecule has 1 N–H and O–H groups in total. The highest BCUT2D eigenvalue weighted by molar-refractivity contribution is 6.07. The van der Waals surface area contributed by atoms with Crippen molar-refractivity contribution in [3.63, 3.8) is 0 Å². The third-order valence-corrected chi connectivity index (χ3v) is 4.10. The minimum absolute atomic E-state index is 0.229. The first-order valence-electron chi connectivity index (χ1n) is 8.01. The van der Waals surface area contributed by atoms with Gasteiger partial charge in [-0.1, -0.05) is 0 Å². The zero-order valence-corrected chi connectivity index (χ0v) is 13.4. The predicted molar refractivity (Wildman–Crippen MR) is 91.3 cm³/mol. The number of pyridine rings is 1. The number of nitro groups is 1. The standard InChI is InChI=1S/C17H17FN4O3/c18-14-7-6-12(22(24)25)11-15(14)20-17(23)13-5-4-8-19-16(13)21-9-2-1-3-10-21/h4-8,11H,1-3,9-10H2,(H,20,23). The molecule has 0 radical (unpaired) electrons. The Morgan fingerprint density at radius 3 is 2.72 bits per heavy atom. The zero-order valence-electron chi connectivity index (χ0n) is 13.4. The summed E-state index contributed by atoms with van der Waals surface area (Å²) in [4.78, 5) is 29.1. The van der Waals surface area contributed by atoms with E-state index in [1.54, 1.807) is 18.3 Å². The van der Waals surface area contributed by atoms with Gasteiger partial charge >= 0.3 is 0 Å². The van der Waals surface area contributed by atoms with Crippen molar-refractivity contribution in [3.8, 4) is 0 Å². The van der Waals surface area contributed by atoms with E-state index in [0.29, 0.717) is 11.4 Å². The van der Waals surface area contributed by atoms with Gasteiger partial charge in [0.2, 0.25) is 0 Å². The maximum Gasteiger partial charge on any atom is 0.271 e. The van der Waals surface area contributed by atoms with Crippen LogP contribution in [-0.2, 0) is 0 Å². The molecular weight excluding hydrogens is 327 g/mol. The number of benzene rings is 1. The molecule has 8 heteroatoms. The van der Waals surface area contributed by atoms with Gasteiger partial charge in [-0.05, 0) is 37.5 Å². The Bertz CT molecular complexity index is 806. The molecule has 0 aliphatic carbocycles. The molecule has 0 spiro atoms. The van der Waals surface area contributed by atoms with Crippen LogP contribution in [0.4, 0.5) is 21.6 Å². The van der Waals surface area contributed by atoms with Crippen molar-refractivity contribution in [2.45, 2.75) is 19.3 Å². The Balaban J connectivity index is 1.87. The van der Waals surface area contributed by atoms with E-state index in [2.05, 4.69) is 10.3 Å². The number of halogens is 1. The van der Waals surface area contributed by atoms with Crippen LogP contribution in [0.5, 0.6) is 0 Å². The van der Waals surface area contributed by atoms with Gasteiger partial charge in [0.15, 0.2) is 0 Å². The molecule has 1 aromatic heterocycles. The molecule has 1 amide bonds. The molecule has 25 heavy (non-hydrogen) atoms. The van der Waals surface area contributed by atoms with Gasteiger partial charge in [0.05, 0.1) is 16.2 Å². The molecule has 1 fully saturated rings. The van der Waals surface area contributed by atoms with Gasteiger partial charge in [-0.2, -0.15) is 0 Å². The van der Waals surface area contributed by atoms with E-state index < -0.39 is 16.6 Å². The Morgan fingerprint density at radius 2 is 2.00 bits per heavy atom. The first-order valence-corrected chi connectivity index (χ1v) is 8.01. The van der Waals surface area contributed by atoms with Crippen molar-refractivity contribution < 1.29 is 14.1 Å². The Morgan fingerprint density at radius 1 is 1.24 bits per heavy atom. The molecule has 3 rings (SSSR count). The van der Waals surface area contributed by atoms with Gasteiger partial charge in [0, 0.05) is 31.4 Å². The summed E-state index contributed by atoms with van der Waals surface area (Å²) in [6, 6.07) is 6.26. The van der Waals surface area contributed by atoms with Crippen LogP contribution >= 0.6 is 0 Å². The van der Waals surface area contributed by atoms with E-state index in [0.717, 1.165) is 50.6 Å². The van der Waals surface area contributed by atoms with Crippen molar-refractivity contribution in [1.29, 1.82) is 0 Å². The molecule has 2 aromatic rings. The molecule has 1 aromatic carbocycles. The highest BCUT2D eigenvalue weighted by Crippen LogP contribution is 2.25. The number of anilines is 2. The number of nitrogens with zero attached hydrogens (tertiary/aromatic N) is 3. The first kappa shape index (κ1) is 16.8. The number of piperidine rings is 1. The minimum atomic E-state index is -0.734. The average Bonchev–Trinajstić information content (AvgIpc) is 2.64. The smallest absolute Gasteiger partial charge is 0.271 e. The Hall–Kier alpha value is -3.03. The molecule has 0 bridgehead atoms. The van der Waals surface area contributed by atoms with Crippen LogP contribution < -0.4 is 10.2 Å². The van der Waals surface area contributed by atoms with Gasteiger partial charge in [0.1, 0.15) is 11.6 Å². The summed E-state index contributed by atoms with van der Waals surface area (Å²) < 4.78 is 13.9. The van der Waals surface area contributed by atoms with Crippen LogP contribution in [0.1, 0.15) is 29.6 Å². The molecule has 2 heterocycles. The lowest BCUT2D eigenvalue weighted by atomic mass is 10.1. The molecule has 1 aliphatic heterocycles. The molecule has 0 atom stereocenters. The SMILES string of the molecule is O=C(Nc1cc([N+](=O)[O-])ccc1F)c1cccnc1N1CCCCC1. The number of hydrogen-bond acceptors (Lipinski definition) is 5. The van der Waals surface area contributed by atoms with Crippen LogP contribution in [0.2, 0.25) is 0 Å². The van der Waals surface area contributed by atoms with E-state index in [-0.39, 0.29) is 11.4 Å². The number of carbonyl (C=O) groups is 1. The van der Waals surface area contributed by atoms with Gasteiger partial charge in [-0.25, -0.2) is 9.37 Å². The number of non-ortho nitro benzene ring substituents is 1. The molecule has 7 nitrogen and oxygen atoms in total. The maximum absolute atomic E-state index is 13.9. The van der Waals surface area contributed by atoms with E-state index in [1.165, 1.54) is 0 Å². The van der Waals surface area contributed by atoms with Gasteiger partial charge in [0.25, 0.3) is 11.6 Å². The van der Waals surface area contributed by atoms with Crippen molar-refractivity contribution in [1.82, 2.24) is 4.98 Å². The molecule has 0 unspecified atom stereocenters. The highest BCUT2D eigenvalue weighted by atomic mass is 19.1. The zero-order chi connectivity index (χ0) is 17.8. The maximum atomic E-state index is 13.9. The third-order valence-electron chi connectivity index (χ3n) is 4.10. The summed E-state index contributed by atoms with van der Waals surface area (Å²) >= 11 is 0. The fourth-order valence-corrected chi connectivity index (χ4v) is 2.84. The lowest BCUT2D eigenvalue weighted by Crippen LogP contribution is -2.32. The van der Waals surface area contributed by atoms with E-state index in [9.17, 15) is 19.3 Å². The van der Waals surface area contributed by atoms with Gasteiger partial charge < -0.3 is 10.2 Å². The van der Waals surface area contributed by atoms with Crippen LogP contribution in [0.15, 0.2) is 36.5 Å². The second kappa shape index (κ2) is 7.25. The van der Waals surface area contributed by atoms with Crippen LogP contribution in [-0.4, -0.2) is 28.9 Å². The van der Waals surface area contributed by atoms with Crippen molar-refractivity contribution in [3.05, 3.63) is 58.0 Å². The largest absolute Gasteiger partial charge is 0.356 e. The molecule has 130 valence electrons. The fraction of sp³-hybridized carbons (Fsp3) is 0.294. The minimum Gasteiger partial charge on any atom is -0.356 e. The molecule has 1 aliphatic rings. The van der Waals surface area contributed by atoms with E-state index in [1.807, 2.05) is 4.90 Å². The Labute approximate surface area is 143 Å². The van der Waals surface area contributed by atoms with Crippen LogP contribution in [0, 0.1) is 15.9 Å². The van der Waals surface area contributed by atoms with Crippen LogP contribution in [0.3, 0.4) is 0 Å².